The first kappa shape index (κ1) is 19.7. The number of hydrogen-bond acceptors (Lipinski definition) is 4. The first-order chi connectivity index (χ1) is 10.8. The average molecular weight is 342 g/mol. The number of hydrogen-bond donors (Lipinski definition) is 2. The summed E-state index contributed by atoms with van der Waals surface area (Å²) in [5, 5.41) is 6.34. The van der Waals surface area contributed by atoms with Crippen molar-refractivity contribution in [2.45, 2.75) is 19.3 Å². The first-order valence-electron chi connectivity index (χ1n) is 8.10. The molecule has 5 nitrogen and oxygen atoms in total. The molecule has 0 bridgehead atoms. The van der Waals surface area contributed by atoms with Gasteiger partial charge in [-0.1, -0.05) is 12.1 Å². The van der Waals surface area contributed by atoms with Crippen LogP contribution in [-0.2, 0) is 11.2 Å². The molecule has 1 aliphatic rings. The number of piperazine rings is 1. The van der Waals surface area contributed by atoms with Crippen LogP contribution >= 0.6 is 12.4 Å². The summed E-state index contributed by atoms with van der Waals surface area (Å²) in [6, 6.07) is 8.04. The van der Waals surface area contributed by atoms with Crippen molar-refractivity contribution in [3.63, 3.8) is 0 Å². The summed E-state index contributed by atoms with van der Waals surface area (Å²) in [6.45, 7) is 5.96. The van der Waals surface area contributed by atoms with Gasteiger partial charge in [0.15, 0.2) is 0 Å². The fourth-order valence-corrected chi connectivity index (χ4v) is 2.62. The molecule has 0 spiro atoms. The molecule has 0 aliphatic carbocycles. The fraction of sp³-hybridized carbons (Fsp3) is 0.588. The van der Waals surface area contributed by atoms with E-state index >= 15 is 0 Å². The Bertz CT molecular complexity index is 448. The van der Waals surface area contributed by atoms with Gasteiger partial charge in [0, 0.05) is 45.7 Å². The van der Waals surface area contributed by atoms with Crippen molar-refractivity contribution in [1.29, 1.82) is 0 Å². The second-order valence-corrected chi connectivity index (χ2v) is 5.64. The number of halogens is 1. The van der Waals surface area contributed by atoms with Crippen LogP contribution < -0.4 is 15.4 Å². The Balaban J connectivity index is 0.00000264. The van der Waals surface area contributed by atoms with Crippen LogP contribution in [0, 0.1) is 0 Å². The lowest BCUT2D eigenvalue weighted by Crippen LogP contribution is -2.46. The normalized spacial score (nSPS) is 14.8. The van der Waals surface area contributed by atoms with Crippen molar-refractivity contribution in [3.8, 4) is 5.75 Å². The summed E-state index contributed by atoms with van der Waals surface area (Å²) >= 11 is 0. The van der Waals surface area contributed by atoms with Crippen LogP contribution in [0.4, 0.5) is 0 Å². The molecule has 6 heteroatoms. The average Bonchev–Trinajstić information content (AvgIpc) is 2.56. The zero-order valence-electron chi connectivity index (χ0n) is 13.8. The maximum Gasteiger partial charge on any atom is 0.220 e. The molecule has 0 aromatic heterocycles. The number of rotatable bonds is 8. The summed E-state index contributed by atoms with van der Waals surface area (Å²) in [5.41, 5.74) is 1.24. The van der Waals surface area contributed by atoms with Crippen LogP contribution in [0.1, 0.15) is 18.4 Å². The zero-order chi connectivity index (χ0) is 15.6. The maximum atomic E-state index is 11.8. The lowest BCUT2D eigenvalue weighted by atomic mass is 10.1. The third-order valence-corrected chi connectivity index (χ3v) is 3.99. The summed E-state index contributed by atoms with van der Waals surface area (Å²) < 4.78 is 5.13. The van der Waals surface area contributed by atoms with Gasteiger partial charge in [0.2, 0.25) is 5.91 Å². The Hall–Kier alpha value is -1.30. The van der Waals surface area contributed by atoms with Gasteiger partial charge in [-0.15, -0.1) is 12.4 Å². The number of carbonyl (C=O) groups is 1. The highest BCUT2D eigenvalue weighted by atomic mass is 35.5. The molecule has 1 aliphatic heterocycles. The molecular weight excluding hydrogens is 314 g/mol. The number of aryl methyl sites for hydroxylation is 1. The quantitative estimate of drug-likeness (QED) is 0.751. The van der Waals surface area contributed by atoms with Crippen LogP contribution in [0.15, 0.2) is 24.3 Å². The number of carbonyl (C=O) groups excluding carboxylic acids is 1. The molecule has 0 unspecified atom stereocenters. The van der Waals surface area contributed by atoms with Gasteiger partial charge >= 0.3 is 0 Å². The molecule has 1 amide bonds. The molecule has 1 aromatic carbocycles. The van der Waals surface area contributed by atoms with E-state index in [0.29, 0.717) is 6.42 Å². The van der Waals surface area contributed by atoms with Crippen molar-refractivity contribution in [3.05, 3.63) is 29.8 Å². The predicted molar refractivity (Wildman–Crippen MR) is 95.5 cm³/mol. The minimum Gasteiger partial charge on any atom is -0.497 e. The minimum atomic E-state index is 0. The molecule has 0 saturated carbocycles. The number of nitrogens with one attached hydrogen (secondary N) is 2. The van der Waals surface area contributed by atoms with E-state index in [9.17, 15) is 4.79 Å². The maximum absolute atomic E-state index is 11.8. The van der Waals surface area contributed by atoms with E-state index in [0.717, 1.165) is 57.9 Å². The van der Waals surface area contributed by atoms with E-state index in [2.05, 4.69) is 27.7 Å². The van der Waals surface area contributed by atoms with Gasteiger partial charge in [-0.2, -0.15) is 0 Å². The SMILES string of the molecule is COc1ccc(CCCC(=O)NCCN2CCNCC2)cc1.Cl. The van der Waals surface area contributed by atoms with E-state index in [1.165, 1.54) is 5.56 Å². The number of nitrogens with zero attached hydrogens (tertiary/aromatic N) is 1. The van der Waals surface area contributed by atoms with Crippen molar-refractivity contribution < 1.29 is 9.53 Å². The molecule has 0 atom stereocenters. The van der Waals surface area contributed by atoms with Gasteiger partial charge in [-0.3, -0.25) is 9.69 Å². The number of methoxy groups -OCH3 is 1. The van der Waals surface area contributed by atoms with E-state index < -0.39 is 0 Å². The molecular formula is C17H28ClN3O2. The van der Waals surface area contributed by atoms with Gasteiger partial charge in [0.1, 0.15) is 5.75 Å². The van der Waals surface area contributed by atoms with Crippen molar-refractivity contribution in [2.24, 2.45) is 0 Å². The monoisotopic (exact) mass is 341 g/mol. The molecule has 0 radical (unpaired) electrons. The largest absolute Gasteiger partial charge is 0.497 e. The zero-order valence-corrected chi connectivity index (χ0v) is 14.7. The van der Waals surface area contributed by atoms with E-state index in [1.807, 2.05) is 12.1 Å². The predicted octanol–water partition coefficient (Wildman–Crippen LogP) is 1.46. The topological polar surface area (TPSA) is 53.6 Å². The van der Waals surface area contributed by atoms with E-state index in [-0.39, 0.29) is 18.3 Å². The van der Waals surface area contributed by atoms with Gasteiger partial charge in [-0.25, -0.2) is 0 Å². The molecule has 1 fully saturated rings. The summed E-state index contributed by atoms with van der Waals surface area (Å²) in [7, 11) is 1.67. The second-order valence-electron chi connectivity index (χ2n) is 5.64. The molecule has 1 saturated heterocycles. The third-order valence-electron chi connectivity index (χ3n) is 3.99. The highest BCUT2D eigenvalue weighted by molar-refractivity contribution is 5.85. The van der Waals surface area contributed by atoms with E-state index in [4.69, 9.17) is 4.74 Å². The van der Waals surface area contributed by atoms with Crippen LogP contribution in [0.2, 0.25) is 0 Å². The Kier molecular flexibility index (Phi) is 9.67. The van der Waals surface area contributed by atoms with Crippen molar-refractivity contribution >= 4 is 18.3 Å². The van der Waals surface area contributed by atoms with Crippen LogP contribution in [0.5, 0.6) is 5.75 Å². The second kappa shape index (κ2) is 11.3. The van der Waals surface area contributed by atoms with Crippen LogP contribution in [-0.4, -0.2) is 57.2 Å². The Morgan fingerprint density at radius 3 is 2.61 bits per heavy atom. The Labute approximate surface area is 145 Å². The van der Waals surface area contributed by atoms with Gasteiger partial charge in [0.25, 0.3) is 0 Å². The summed E-state index contributed by atoms with van der Waals surface area (Å²) in [6.07, 6.45) is 2.40. The lowest BCUT2D eigenvalue weighted by Gasteiger charge is -2.27. The van der Waals surface area contributed by atoms with Crippen LogP contribution in [0.3, 0.4) is 0 Å². The lowest BCUT2D eigenvalue weighted by molar-refractivity contribution is -0.121. The minimum absolute atomic E-state index is 0. The first-order valence-corrected chi connectivity index (χ1v) is 8.10. The van der Waals surface area contributed by atoms with Crippen molar-refractivity contribution in [1.82, 2.24) is 15.5 Å². The Morgan fingerprint density at radius 2 is 1.96 bits per heavy atom. The van der Waals surface area contributed by atoms with Crippen molar-refractivity contribution in [2.75, 3.05) is 46.4 Å². The fourth-order valence-electron chi connectivity index (χ4n) is 2.62. The van der Waals surface area contributed by atoms with Gasteiger partial charge < -0.3 is 15.4 Å². The molecule has 1 heterocycles. The van der Waals surface area contributed by atoms with Gasteiger partial charge in [-0.05, 0) is 30.5 Å². The summed E-state index contributed by atoms with van der Waals surface area (Å²) in [4.78, 5) is 14.2. The molecule has 1 aromatic rings. The highest BCUT2D eigenvalue weighted by Crippen LogP contribution is 2.13. The number of benzene rings is 1. The standard InChI is InChI=1S/C17H27N3O2.ClH/c1-22-16-7-5-15(6-8-16)3-2-4-17(21)19-11-14-20-12-9-18-10-13-20;/h5-8,18H,2-4,9-14H2,1H3,(H,19,21);1H. The Morgan fingerprint density at radius 1 is 1.26 bits per heavy atom. The van der Waals surface area contributed by atoms with Crippen LogP contribution in [0.25, 0.3) is 0 Å². The third kappa shape index (κ3) is 7.68. The molecule has 130 valence electrons. The molecule has 2 N–H and O–H groups in total. The summed E-state index contributed by atoms with van der Waals surface area (Å²) in [5.74, 6) is 1.03. The number of ether oxygens (including phenoxy) is 1. The van der Waals surface area contributed by atoms with Gasteiger partial charge in [0.05, 0.1) is 7.11 Å². The smallest absolute Gasteiger partial charge is 0.220 e. The van der Waals surface area contributed by atoms with E-state index in [1.54, 1.807) is 7.11 Å². The molecule has 2 rings (SSSR count). The molecule has 23 heavy (non-hydrogen) atoms. The highest BCUT2D eigenvalue weighted by Gasteiger charge is 2.09. The number of amides is 1.